The number of phosphoric acid groups is 2. The first-order valence-corrected chi connectivity index (χ1v) is 43.5. The van der Waals surface area contributed by atoms with E-state index in [1.54, 1.807) is 0 Å². The van der Waals surface area contributed by atoms with E-state index in [0.29, 0.717) is 25.7 Å². The molecule has 576 valence electrons. The number of aliphatic hydroxyl groups excluding tert-OH is 1. The van der Waals surface area contributed by atoms with Crippen molar-refractivity contribution in [3.8, 4) is 0 Å². The van der Waals surface area contributed by atoms with E-state index in [9.17, 15) is 43.2 Å². The second-order valence-corrected chi connectivity index (χ2v) is 32.0. The highest BCUT2D eigenvalue weighted by atomic mass is 31.2. The van der Waals surface area contributed by atoms with E-state index in [-0.39, 0.29) is 25.7 Å². The van der Waals surface area contributed by atoms with Crippen LogP contribution in [0.4, 0.5) is 0 Å². The summed E-state index contributed by atoms with van der Waals surface area (Å²) >= 11 is 0. The van der Waals surface area contributed by atoms with E-state index in [1.165, 1.54) is 225 Å². The molecule has 0 saturated carbocycles. The number of rotatable bonds is 77. The predicted molar refractivity (Wildman–Crippen MR) is 395 cm³/mol. The summed E-state index contributed by atoms with van der Waals surface area (Å²) in [5, 5.41) is 10.6. The molecule has 5 atom stereocenters. The van der Waals surface area contributed by atoms with Crippen LogP contribution in [0.15, 0.2) is 0 Å². The van der Waals surface area contributed by atoms with Gasteiger partial charge in [-0.15, -0.1) is 0 Å². The van der Waals surface area contributed by atoms with Crippen LogP contribution in [0.5, 0.6) is 0 Å². The van der Waals surface area contributed by atoms with E-state index in [4.69, 9.17) is 37.0 Å². The number of aliphatic hydroxyl groups is 1. The van der Waals surface area contributed by atoms with E-state index < -0.39 is 97.5 Å². The lowest BCUT2D eigenvalue weighted by atomic mass is 10.0. The van der Waals surface area contributed by atoms with Crippen LogP contribution in [0.25, 0.3) is 0 Å². The van der Waals surface area contributed by atoms with E-state index in [1.807, 2.05) is 0 Å². The Kier molecular flexibility index (Phi) is 68.4. The Labute approximate surface area is 594 Å². The van der Waals surface area contributed by atoms with Gasteiger partial charge in [0, 0.05) is 25.7 Å². The summed E-state index contributed by atoms with van der Waals surface area (Å²) < 4.78 is 68.6. The minimum absolute atomic E-state index is 0.106. The quantitative estimate of drug-likeness (QED) is 0.0222. The molecule has 0 rings (SSSR count). The number of unbranched alkanes of at least 4 members (excludes halogenated alkanes) is 47. The number of carbonyl (C=O) groups excluding carboxylic acids is 4. The summed E-state index contributed by atoms with van der Waals surface area (Å²) in [4.78, 5) is 72.9. The molecule has 0 heterocycles. The highest BCUT2D eigenvalue weighted by Crippen LogP contribution is 2.45. The van der Waals surface area contributed by atoms with Gasteiger partial charge in [-0.3, -0.25) is 37.3 Å². The van der Waals surface area contributed by atoms with Crippen LogP contribution in [-0.2, 0) is 65.4 Å². The molecule has 0 bridgehead atoms. The van der Waals surface area contributed by atoms with Crippen molar-refractivity contribution in [2.75, 3.05) is 39.6 Å². The zero-order valence-corrected chi connectivity index (χ0v) is 65.2. The monoisotopic (exact) mass is 1420 g/mol. The van der Waals surface area contributed by atoms with Gasteiger partial charge in [-0.25, -0.2) is 9.13 Å². The molecule has 0 fully saturated rings. The first kappa shape index (κ1) is 95.1. The lowest BCUT2D eigenvalue weighted by molar-refractivity contribution is -0.161. The molecular weight excluding hydrogens is 1270 g/mol. The molecule has 2 unspecified atom stereocenters. The molecular formula is C78H152O17P2. The minimum atomic E-state index is -4.96. The summed E-state index contributed by atoms with van der Waals surface area (Å²) in [5.41, 5.74) is 0. The second kappa shape index (κ2) is 69.8. The first-order chi connectivity index (χ1) is 46.9. The molecule has 19 heteroatoms. The Morgan fingerprint density at radius 3 is 0.701 bits per heavy atom. The SMILES string of the molecule is CCCCCCCCCCCCCCCCCCCC(=O)OC[C@H](COP(=O)(O)OC[C@@H](O)COP(=O)(O)OC[C@@H](COC(=O)CCCCCCCCCCC)OC(=O)CCCCCCCCCCCCC(C)C)OC(=O)CCCCCCCCCCCCCCCCCC(C)C. The summed E-state index contributed by atoms with van der Waals surface area (Å²) in [5.74, 6) is -0.558. The lowest BCUT2D eigenvalue weighted by Crippen LogP contribution is -2.30. The molecule has 17 nitrogen and oxygen atoms in total. The summed E-state index contributed by atoms with van der Waals surface area (Å²) in [7, 11) is -9.91. The lowest BCUT2D eigenvalue weighted by Gasteiger charge is -2.21. The van der Waals surface area contributed by atoms with Crippen LogP contribution in [0.3, 0.4) is 0 Å². The average molecular weight is 1420 g/mol. The standard InChI is InChI=1S/C78H152O17P2/c1-7-9-11-13-15-17-18-19-20-21-24-27-30-37-43-49-55-61-76(81)89-67-74(94-77(82)62-56-50-44-38-31-28-25-22-23-26-29-35-40-46-52-58-70(3)4)69-93-97(86,87)91-65-72(79)64-90-96(84,85)92-68-73(66-88-75(80)60-54-48-42-34-16-14-12-10-8-2)95-78(83)63-57-51-45-39-33-32-36-41-47-53-59-71(5)6/h70-74,79H,7-69H2,1-6H3,(H,84,85)(H,86,87)/t72-,73+,74+/m0/s1. The summed E-state index contributed by atoms with van der Waals surface area (Å²) in [6.45, 7) is 9.62. The summed E-state index contributed by atoms with van der Waals surface area (Å²) in [6.07, 6.45) is 58.3. The third-order valence-corrected chi connectivity index (χ3v) is 20.1. The van der Waals surface area contributed by atoms with Gasteiger partial charge in [0.2, 0.25) is 0 Å². The molecule has 0 radical (unpaired) electrons. The number of ether oxygens (including phenoxy) is 4. The van der Waals surface area contributed by atoms with Crippen LogP contribution in [0.2, 0.25) is 0 Å². The highest BCUT2D eigenvalue weighted by Gasteiger charge is 2.30. The third kappa shape index (κ3) is 72.2. The van der Waals surface area contributed by atoms with Crippen molar-refractivity contribution in [1.29, 1.82) is 0 Å². The number of carbonyl (C=O) groups is 4. The molecule has 0 spiro atoms. The largest absolute Gasteiger partial charge is 0.472 e. The molecule has 0 saturated heterocycles. The van der Waals surface area contributed by atoms with Crippen molar-refractivity contribution in [1.82, 2.24) is 0 Å². The average Bonchev–Trinajstić information content (AvgIpc) is 1.46. The number of phosphoric ester groups is 2. The van der Waals surface area contributed by atoms with Gasteiger partial charge < -0.3 is 33.8 Å². The van der Waals surface area contributed by atoms with Gasteiger partial charge >= 0.3 is 39.5 Å². The molecule has 0 aliphatic heterocycles. The predicted octanol–water partition coefficient (Wildman–Crippen LogP) is 23.1. The van der Waals surface area contributed by atoms with Gasteiger partial charge in [0.1, 0.15) is 19.3 Å². The summed E-state index contributed by atoms with van der Waals surface area (Å²) in [6, 6.07) is 0. The fourth-order valence-electron chi connectivity index (χ4n) is 12.0. The van der Waals surface area contributed by atoms with Crippen molar-refractivity contribution in [3.05, 3.63) is 0 Å². The van der Waals surface area contributed by atoms with E-state index in [0.717, 1.165) is 102 Å². The van der Waals surface area contributed by atoms with Crippen molar-refractivity contribution in [2.45, 2.75) is 426 Å². The van der Waals surface area contributed by atoms with E-state index >= 15 is 0 Å². The maximum absolute atomic E-state index is 13.1. The van der Waals surface area contributed by atoms with Crippen LogP contribution < -0.4 is 0 Å². The molecule has 0 aromatic heterocycles. The molecule has 3 N–H and O–H groups in total. The Hall–Kier alpha value is -1.94. The van der Waals surface area contributed by atoms with Crippen molar-refractivity contribution in [3.63, 3.8) is 0 Å². The van der Waals surface area contributed by atoms with Crippen molar-refractivity contribution < 1.29 is 80.2 Å². The van der Waals surface area contributed by atoms with Crippen molar-refractivity contribution >= 4 is 39.5 Å². The fourth-order valence-corrected chi connectivity index (χ4v) is 13.6. The Morgan fingerprint density at radius 1 is 0.278 bits per heavy atom. The maximum Gasteiger partial charge on any atom is 0.472 e. The molecule has 0 aliphatic carbocycles. The van der Waals surface area contributed by atoms with Crippen LogP contribution in [-0.4, -0.2) is 96.7 Å². The Balaban J connectivity index is 5.23. The van der Waals surface area contributed by atoms with Gasteiger partial charge in [0.15, 0.2) is 12.2 Å². The molecule has 0 aromatic carbocycles. The topological polar surface area (TPSA) is 237 Å². The molecule has 0 aromatic rings. The zero-order chi connectivity index (χ0) is 71.4. The normalized spacial score (nSPS) is 14.0. The Morgan fingerprint density at radius 2 is 0.474 bits per heavy atom. The van der Waals surface area contributed by atoms with Crippen molar-refractivity contribution in [2.24, 2.45) is 11.8 Å². The van der Waals surface area contributed by atoms with Gasteiger partial charge in [-0.1, -0.05) is 356 Å². The number of hydrogen-bond acceptors (Lipinski definition) is 15. The van der Waals surface area contributed by atoms with Crippen LogP contribution >= 0.6 is 15.6 Å². The molecule has 97 heavy (non-hydrogen) atoms. The Bertz CT molecular complexity index is 1870. The van der Waals surface area contributed by atoms with Gasteiger partial charge in [0.25, 0.3) is 0 Å². The van der Waals surface area contributed by atoms with Crippen LogP contribution in [0, 0.1) is 11.8 Å². The minimum Gasteiger partial charge on any atom is -0.462 e. The second-order valence-electron chi connectivity index (χ2n) is 29.1. The molecule has 0 amide bonds. The first-order valence-electron chi connectivity index (χ1n) is 40.5. The molecule has 0 aliphatic rings. The number of esters is 4. The third-order valence-electron chi connectivity index (χ3n) is 18.2. The fraction of sp³-hybridized carbons (Fsp3) is 0.949. The zero-order valence-electron chi connectivity index (χ0n) is 63.4. The highest BCUT2D eigenvalue weighted by molar-refractivity contribution is 7.47. The van der Waals surface area contributed by atoms with Gasteiger partial charge in [0.05, 0.1) is 26.4 Å². The van der Waals surface area contributed by atoms with Crippen LogP contribution in [0.1, 0.15) is 408 Å². The number of hydrogen-bond donors (Lipinski definition) is 3. The van der Waals surface area contributed by atoms with Gasteiger partial charge in [-0.05, 0) is 37.5 Å². The maximum atomic E-state index is 13.1. The van der Waals surface area contributed by atoms with Gasteiger partial charge in [-0.2, -0.15) is 0 Å². The van der Waals surface area contributed by atoms with E-state index in [2.05, 4.69) is 41.5 Å². The smallest absolute Gasteiger partial charge is 0.462 e.